The number of rotatable bonds is 4. The van der Waals surface area contributed by atoms with E-state index in [1.807, 2.05) is 47.8 Å². The molecule has 1 aliphatic heterocycles. The first kappa shape index (κ1) is 16.0. The van der Waals surface area contributed by atoms with E-state index < -0.39 is 11.4 Å². The van der Waals surface area contributed by atoms with Crippen LogP contribution in [0, 0.1) is 0 Å². The zero-order chi connectivity index (χ0) is 16.2. The summed E-state index contributed by atoms with van der Waals surface area (Å²) >= 11 is -1.32. The SMILES string of the molecule is CN(c1ccccc1N1CCCCC1)[S+]([O-])c1ccccc1N. The molecule has 5 heteroatoms. The summed E-state index contributed by atoms with van der Waals surface area (Å²) in [4.78, 5) is 3.05. The summed E-state index contributed by atoms with van der Waals surface area (Å²) in [5.74, 6) is 0. The number of anilines is 3. The number of piperidine rings is 1. The predicted molar refractivity (Wildman–Crippen MR) is 98.2 cm³/mol. The van der Waals surface area contributed by atoms with Gasteiger partial charge in [-0.05, 0) is 43.5 Å². The molecule has 1 heterocycles. The maximum atomic E-state index is 12.9. The smallest absolute Gasteiger partial charge is 0.202 e. The quantitative estimate of drug-likeness (QED) is 0.690. The monoisotopic (exact) mass is 329 g/mol. The van der Waals surface area contributed by atoms with Crippen LogP contribution in [0.15, 0.2) is 53.4 Å². The Morgan fingerprint density at radius 3 is 2.39 bits per heavy atom. The molecule has 2 N–H and O–H groups in total. The van der Waals surface area contributed by atoms with Crippen molar-refractivity contribution in [3.05, 3.63) is 48.5 Å². The fourth-order valence-electron chi connectivity index (χ4n) is 3.01. The van der Waals surface area contributed by atoms with Crippen molar-refractivity contribution >= 4 is 28.4 Å². The molecule has 1 atom stereocenters. The lowest BCUT2D eigenvalue weighted by atomic mass is 10.1. The second kappa shape index (κ2) is 7.15. The van der Waals surface area contributed by atoms with Crippen LogP contribution in [0.3, 0.4) is 0 Å². The zero-order valence-electron chi connectivity index (χ0n) is 13.4. The highest BCUT2D eigenvalue weighted by molar-refractivity contribution is 7.93. The van der Waals surface area contributed by atoms with Crippen LogP contribution in [0.4, 0.5) is 17.1 Å². The third-order valence-electron chi connectivity index (χ3n) is 4.27. The molecule has 1 fully saturated rings. The van der Waals surface area contributed by atoms with E-state index in [9.17, 15) is 4.55 Å². The van der Waals surface area contributed by atoms with E-state index in [0.29, 0.717) is 10.6 Å². The van der Waals surface area contributed by atoms with Gasteiger partial charge < -0.3 is 15.2 Å². The van der Waals surface area contributed by atoms with Gasteiger partial charge >= 0.3 is 0 Å². The highest BCUT2D eigenvalue weighted by Gasteiger charge is 2.25. The van der Waals surface area contributed by atoms with Gasteiger partial charge in [-0.2, -0.15) is 4.31 Å². The molecule has 0 aliphatic carbocycles. The van der Waals surface area contributed by atoms with E-state index in [1.54, 1.807) is 6.07 Å². The maximum absolute atomic E-state index is 12.9. The topological polar surface area (TPSA) is 55.6 Å². The number of hydrogen-bond acceptors (Lipinski definition) is 4. The van der Waals surface area contributed by atoms with Crippen molar-refractivity contribution in [3.8, 4) is 0 Å². The lowest BCUT2D eigenvalue weighted by molar-refractivity contribution is 0.577. The van der Waals surface area contributed by atoms with Gasteiger partial charge in [0.25, 0.3) is 0 Å². The van der Waals surface area contributed by atoms with Gasteiger partial charge in [0.15, 0.2) is 0 Å². The van der Waals surface area contributed by atoms with Gasteiger partial charge in [-0.1, -0.05) is 24.3 Å². The first-order chi connectivity index (χ1) is 11.2. The van der Waals surface area contributed by atoms with Gasteiger partial charge in [0, 0.05) is 13.1 Å². The van der Waals surface area contributed by atoms with Gasteiger partial charge in [0.05, 0.1) is 18.4 Å². The van der Waals surface area contributed by atoms with E-state index in [-0.39, 0.29) is 0 Å². The molecule has 23 heavy (non-hydrogen) atoms. The lowest BCUT2D eigenvalue weighted by Gasteiger charge is -2.32. The standard InChI is InChI=1S/C18H23N3OS/c1-20(23(22)18-12-6-3-9-15(18)19)16-10-4-5-11-17(16)21-13-7-2-8-14-21/h3-6,9-12H,2,7-8,13-14,19H2,1H3. The molecule has 1 unspecified atom stereocenters. The molecule has 2 aromatic carbocycles. The maximum Gasteiger partial charge on any atom is 0.202 e. The van der Waals surface area contributed by atoms with Crippen LogP contribution in [0.25, 0.3) is 0 Å². The Bertz CT molecular complexity index is 658. The second-order valence-electron chi connectivity index (χ2n) is 5.82. The zero-order valence-corrected chi connectivity index (χ0v) is 14.3. The van der Waals surface area contributed by atoms with E-state index >= 15 is 0 Å². The minimum atomic E-state index is -1.32. The Hall–Kier alpha value is -1.85. The van der Waals surface area contributed by atoms with Crippen LogP contribution in [-0.2, 0) is 11.4 Å². The number of benzene rings is 2. The third kappa shape index (κ3) is 3.41. The first-order valence-electron chi connectivity index (χ1n) is 8.02. The van der Waals surface area contributed by atoms with Crippen LogP contribution in [0.5, 0.6) is 0 Å². The number of nitrogen functional groups attached to an aromatic ring is 1. The average Bonchev–Trinajstić information content (AvgIpc) is 2.62. The molecule has 0 aromatic heterocycles. The Balaban J connectivity index is 1.90. The molecular formula is C18H23N3OS. The molecule has 2 aromatic rings. The van der Waals surface area contributed by atoms with Crippen LogP contribution < -0.4 is 14.9 Å². The lowest BCUT2D eigenvalue weighted by Crippen LogP contribution is -2.33. The van der Waals surface area contributed by atoms with Gasteiger partial charge in [-0.15, -0.1) is 0 Å². The summed E-state index contributed by atoms with van der Waals surface area (Å²) in [6.45, 7) is 2.12. The molecular weight excluding hydrogens is 306 g/mol. The Kier molecular flexibility index (Phi) is 4.98. The summed E-state index contributed by atoms with van der Waals surface area (Å²) in [6, 6.07) is 15.5. The van der Waals surface area contributed by atoms with Crippen molar-refractivity contribution in [3.63, 3.8) is 0 Å². The van der Waals surface area contributed by atoms with Crippen molar-refractivity contribution in [1.82, 2.24) is 0 Å². The predicted octanol–water partition coefficient (Wildman–Crippen LogP) is 3.42. The van der Waals surface area contributed by atoms with E-state index in [1.165, 1.54) is 19.3 Å². The van der Waals surface area contributed by atoms with Crippen molar-refractivity contribution in [1.29, 1.82) is 0 Å². The van der Waals surface area contributed by atoms with Gasteiger partial charge in [-0.3, -0.25) is 0 Å². The number of hydrogen-bond donors (Lipinski definition) is 1. The molecule has 0 radical (unpaired) electrons. The minimum absolute atomic E-state index is 0.563. The Morgan fingerprint density at radius 2 is 1.65 bits per heavy atom. The Morgan fingerprint density at radius 1 is 1.00 bits per heavy atom. The average molecular weight is 329 g/mol. The van der Waals surface area contributed by atoms with Gasteiger partial charge in [0.2, 0.25) is 4.90 Å². The largest absolute Gasteiger partial charge is 0.588 e. The second-order valence-corrected chi connectivity index (χ2v) is 7.31. The summed E-state index contributed by atoms with van der Waals surface area (Å²) in [6.07, 6.45) is 3.72. The van der Waals surface area contributed by atoms with Crippen LogP contribution in [0.1, 0.15) is 19.3 Å². The fraction of sp³-hybridized carbons (Fsp3) is 0.333. The molecule has 1 aliphatic rings. The van der Waals surface area contributed by atoms with Crippen LogP contribution in [-0.4, -0.2) is 24.7 Å². The van der Waals surface area contributed by atoms with Crippen LogP contribution >= 0.6 is 0 Å². The van der Waals surface area contributed by atoms with E-state index in [2.05, 4.69) is 11.0 Å². The normalized spacial score (nSPS) is 16.2. The van der Waals surface area contributed by atoms with Crippen LogP contribution in [0.2, 0.25) is 0 Å². The van der Waals surface area contributed by atoms with Gasteiger partial charge in [-0.25, -0.2) is 0 Å². The number of nitrogens with zero attached hydrogens (tertiary/aromatic N) is 2. The molecule has 1 saturated heterocycles. The summed E-state index contributed by atoms with van der Waals surface area (Å²) in [5.41, 5.74) is 8.68. The summed E-state index contributed by atoms with van der Waals surface area (Å²) in [5, 5.41) is 0. The molecule has 0 bridgehead atoms. The van der Waals surface area contributed by atoms with Crippen molar-refractivity contribution in [2.45, 2.75) is 24.2 Å². The number of nitrogens with two attached hydrogens (primary N) is 1. The van der Waals surface area contributed by atoms with Crippen molar-refractivity contribution < 1.29 is 4.55 Å². The highest BCUT2D eigenvalue weighted by atomic mass is 32.2. The molecule has 122 valence electrons. The van der Waals surface area contributed by atoms with E-state index in [0.717, 1.165) is 24.5 Å². The van der Waals surface area contributed by atoms with Gasteiger partial charge in [0.1, 0.15) is 17.0 Å². The third-order valence-corrected chi connectivity index (χ3v) is 5.72. The van der Waals surface area contributed by atoms with E-state index in [4.69, 9.17) is 5.73 Å². The minimum Gasteiger partial charge on any atom is -0.588 e. The summed E-state index contributed by atoms with van der Waals surface area (Å²) < 4.78 is 14.8. The summed E-state index contributed by atoms with van der Waals surface area (Å²) in [7, 11) is 1.87. The molecule has 0 spiro atoms. The molecule has 0 amide bonds. The highest BCUT2D eigenvalue weighted by Crippen LogP contribution is 2.34. The Labute approximate surface area is 141 Å². The molecule has 4 nitrogen and oxygen atoms in total. The van der Waals surface area contributed by atoms with Crippen molar-refractivity contribution in [2.75, 3.05) is 35.1 Å². The fourth-order valence-corrected chi connectivity index (χ4v) is 4.10. The molecule has 0 saturated carbocycles. The molecule has 3 rings (SSSR count). The first-order valence-corrected chi connectivity index (χ1v) is 9.13. The number of para-hydroxylation sites is 3. The van der Waals surface area contributed by atoms with Crippen molar-refractivity contribution in [2.24, 2.45) is 0 Å².